The minimum Gasteiger partial charge on any atom is -0.372 e. The lowest BCUT2D eigenvalue weighted by atomic mass is 9.38. The molecule has 0 bridgehead atoms. The smallest absolute Gasteiger partial charge is 0.159 e. The summed E-state index contributed by atoms with van der Waals surface area (Å²) in [5.74, 6) is 2.56. The number of Topliss-reactive ketones (excluding diaryl/α,β-unsaturated/α-hetero) is 1. The second kappa shape index (κ2) is 8.41. The Morgan fingerprint density at radius 3 is 2.57 bits per heavy atom. The SMILES string of the molecule is C=N[C@]12CC[C@H]3[C@@H]4CCC5C[C@@H](N(C)c6cccc(C(C)=O)c6)CC[C@]5(C)[C@@]4(C)CC[C@@]31CN(C)[C@H]2C. The van der Waals surface area contributed by atoms with Crippen LogP contribution in [0.2, 0.25) is 0 Å². The van der Waals surface area contributed by atoms with E-state index in [0.717, 1.165) is 23.3 Å². The van der Waals surface area contributed by atoms with E-state index in [1.54, 1.807) is 6.92 Å². The van der Waals surface area contributed by atoms with Crippen molar-refractivity contribution in [1.29, 1.82) is 0 Å². The molecule has 6 rings (SSSR count). The molecule has 1 saturated heterocycles. The van der Waals surface area contributed by atoms with E-state index < -0.39 is 0 Å². The Labute approximate surface area is 225 Å². The summed E-state index contributed by atoms with van der Waals surface area (Å²) < 4.78 is 0. The first-order valence-electron chi connectivity index (χ1n) is 15.0. The fourth-order valence-electron chi connectivity index (χ4n) is 11.3. The van der Waals surface area contributed by atoms with Crippen LogP contribution in [0, 0.1) is 34.0 Å². The summed E-state index contributed by atoms with van der Waals surface area (Å²) in [5.41, 5.74) is 3.27. The Bertz CT molecular complexity index is 1100. The molecule has 202 valence electrons. The van der Waals surface area contributed by atoms with Gasteiger partial charge in [0, 0.05) is 42.3 Å². The van der Waals surface area contributed by atoms with Gasteiger partial charge < -0.3 is 9.80 Å². The highest BCUT2D eigenvalue weighted by Gasteiger charge is 2.73. The number of likely N-dealkylation sites (tertiary alicyclic amines) is 1. The Kier molecular flexibility index (Phi) is 5.81. The number of benzene rings is 1. The first kappa shape index (κ1) is 25.6. The van der Waals surface area contributed by atoms with Gasteiger partial charge in [0.15, 0.2) is 5.78 Å². The molecular formula is C33H49N3O. The molecule has 4 aliphatic carbocycles. The van der Waals surface area contributed by atoms with Crippen LogP contribution in [-0.2, 0) is 0 Å². The summed E-state index contributed by atoms with van der Waals surface area (Å²) in [7, 11) is 4.58. The molecule has 1 heterocycles. The highest BCUT2D eigenvalue weighted by atomic mass is 16.1. The molecular weight excluding hydrogens is 454 g/mol. The number of likely N-dealkylation sites (N-methyl/N-ethyl adjacent to an activating group) is 1. The van der Waals surface area contributed by atoms with E-state index in [1.165, 1.54) is 70.0 Å². The van der Waals surface area contributed by atoms with Gasteiger partial charge in [-0.1, -0.05) is 26.0 Å². The maximum Gasteiger partial charge on any atom is 0.159 e. The molecule has 0 radical (unpaired) electrons. The van der Waals surface area contributed by atoms with Crippen LogP contribution in [0.3, 0.4) is 0 Å². The molecule has 4 nitrogen and oxygen atoms in total. The highest BCUT2D eigenvalue weighted by Crippen LogP contribution is 2.75. The van der Waals surface area contributed by atoms with Gasteiger partial charge in [0.2, 0.25) is 0 Å². The molecule has 1 aromatic carbocycles. The molecule has 4 saturated carbocycles. The van der Waals surface area contributed by atoms with E-state index in [9.17, 15) is 4.79 Å². The Balaban J connectivity index is 1.25. The second-order valence-electron chi connectivity index (χ2n) is 14.3. The summed E-state index contributed by atoms with van der Waals surface area (Å²) >= 11 is 0. The number of anilines is 1. The monoisotopic (exact) mass is 503 g/mol. The third-order valence-corrected chi connectivity index (χ3v) is 13.8. The highest BCUT2D eigenvalue weighted by molar-refractivity contribution is 5.95. The topological polar surface area (TPSA) is 35.9 Å². The van der Waals surface area contributed by atoms with Crippen molar-refractivity contribution in [2.24, 2.45) is 39.0 Å². The maximum absolute atomic E-state index is 12.0. The van der Waals surface area contributed by atoms with Crippen LogP contribution < -0.4 is 4.90 Å². The lowest BCUT2D eigenvalue weighted by molar-refractivity contribution is -0.176. The van der Waals surface area contributed by atoms with Gasteiger partial charge in [0.1, 0.15) is 0 Å². The van der Waals surface area contributed by atoms with Gasteiger partial charge in [-0.15, -0.1) is 0 Å². The molecule has 1 spiro atoms. The van der Waals surface area contributed by atoms with Gasteiger partial charge in [0.05, 0.1) is 5.54 Å². The van der Waals surface area contributed by atoms with Gasteiger partial charge in [-0.05, 0) is 126 Å². The van der Waals surface area contributed by atoms with Crippen LogP contribution in [0.5, 0.6) is 0 Å². The zero-order chi connectivity index (χ0) is 26.4. The van der Waals surface area contributed by atoms with Crippen molar-refractivity contribution >= 4 is 18.2 Å². The average Bonchev–Trinajstić information content (AvgIpc) is 3.32. The largest absolute Gasteiger partial charge is 0.372 e. The van der Waals surface area contributed by atoms with Crippen molar-refractivity contribution in [2.75, 3.05) is 25.5 Å². The Morgan fingerprint density at radius 2 is 1.84 bits per heavy atom. The van der Waals surface area contributed by atoms with Crippen LogP contribution in [0.4, 0.5) is 5.69 Å². The molecule has 9 atom stereocenters. The molecule has 1 aliphatic heterocycles. The molecule has 0 N–H and O–H groups in total. The molecule has 1 unspecified atom stereocenters. The minimum absolute atomic E-state index is 0.0697. The quantitative estimate of drug-likeness (QED) is 0.332. The van der Waals surface area contributed by atoms with Gasteiger partial charge in [-0.25, -0.2) is 0 Å². The summed E-state index contributed by atoms with van der Waals surface area (Å²) in [6, 6.07) is 9.33. The van der Waals surface area contributed by atoms with Crippen molar-refractivity contribution in [1.82, 2.24) is 4.90 Å². The zero-order valence-electron chi connectivity index (χ0n) is 24.2. The van der Waals surface area contributed by atoms with Crippen molar-refractivity contribution in [3.63, 3.8) is 0 Å². The number of carbonyl (C=O) groups is 1. The lowest BCUT2D eigenvalue weighted by Crippen LogP contribution is -2.63. The number of fused-ring (bicyclic) bond motifs is 4. The van der Waals surface area contributed by atoms with Crippen LogP contribution >= 0.6 is 0 Å². The standard InChI is InChI=1S/C33H49N3O/c1-22(37)24-9-8-10-26(19-24)36(7)27-13-15-30(3)25(20-27)11-12-28-29-14-16-33(34-5)23(2)35(6)21-32(29,33)18-17-31(28,30)4/h8-10,19,23,25,27-29H,5,11-18,20-21H2,1-4,6-7H3/t23-,25?,27-,28-,29-,30-,31-,32+,33-/m0/s1. The third-order valence-electron chi connectivity index (χ3n) is 13.8. The summed E-state index contributed by atoms with van der Waals surface area (Å²) in [5, 5.41) is 0. The van der Waals surface area contributed by atoms with E-state index in [-0.39, 0.29) is 11.3 Å². The number of hydrogen-bond donors (Lipinski definition) is 0. The van der Waals surface area contributed by atoms with E-state index in [1.807, 2.05) is 12.1 Å². The molecule has 5 aliphatic rings. The summed E-state index contributed by atoms with van der Waals surface area (Å²) in [6.45, 7) is 14.9. The molecule has 37 heavy (non-hydrogen) atoms. The maximum atomic E-state index is 12.0. The van der Waals surface area contributed by atoms with E-state index in [0.29, 0.717) is 28.3 Å². The van der Waals surface area contributed by atoms with Gasteiger partial charge in [-0.2, -0.15) is 0 Å². The van der Waals surface area contributed by atoms with Crippen molar-refractivity contribution in [3.8, 4) is 0 Å². The van der Waals surface area contributed by atoms with Crippen molar-refractivity contribution in [3.05, 3.63) is 29.8 Å². The first-order chi connectivity index (χ1) is 17.5. The molecule has 1 aromatic rings. The number of nitrogens with zero attached hydrogens (tertiary/aromatic N) is 3. The number of aliphatic imine (C=N–C) groups is 1. The first-order valence-corrected chi connectivity index (χ1v) is 15.0. The Morgan fingerprint density at radius 1 is 1.05 bits per heavy atom. The van der Waals surface area contributed by atoms with Crippen LogP contribution in [0.25, 0.3) is 0 Å². The predicted molar refractivity (Wildman–Crippen MR) is 154 cm³/mol. The fraction of sp³-hybridized carbons (Fsp3) is 0.758. The summed E-state index contributed by atoms with van der Waals surface area (Å²) in [6.07, 6.45) is 11.9. The average molecular weight is 504 g/mol. The normalized spacial score (nSPS) is 46.9. The summed E-state index contributed by atoms with van der Waals surface area (Å²) in [4.78, 5) is 22.1. The minimum atomic E-state index is 0.0697. The number of ketones is 1. The van der Waals surface area contributed by atoms with E-state index >= 15 is 0 Å². The van der Waals surface area contributed by atoms with E-state index in [4.69, 9.17) is 4.99 Å². The van der Waals surface area contributed by atoms with E-state index in [2.05, 4.69) is 63.5 Å². The van der Waals surface area contributed by atoms with Crippen LogP contribution in [0.15, 0.2) is 29.3 Å². The van der Waals surface area contributed by atoms with Gasteiger partial charge in [0.25, 0.3) is 0 Å². The molecule has 0 aromatic heterocycles. The number of rotatable bonds is 4. The number of carbonyl (C=O) groups excluding carboxylic acids is 1. The Hall–Kier alpha value is -1.68. The predicted octanol–water partition coefficient (Wildman–Crippen LogP) is 6.88. The molecule has 4 heteroatoms. The van der Waals surface area contributed by atoms with Crippen molar-refractivity contribution < 1.29 is 4.79 Å². The van der Waals surface area contributed by atoms with Crippen molar-refractivity contribution in [2.45, 2.75) is 103 Å². The van der Waals surface area contributed by atoms with Gasteiger partial charge in [-0.3, -0.25) is 9.79 Å². The third kappa shape index (κ3) is 3.17. The lowest BCUT2D eigenvalue weighted by Gasteiger charge is -2.67. The van der Waals surface area contributed by atoms with Crippen LogP contribution in [0.1, 0.15) is 95.8 Å². The van der Waals surface area contributed by atoms with Crippen LogP contribution in [-0.4, -0.2) is 55.7 Å². The second-order valence-corrected chi connectivity index (χ2v) is 14.3. The zero-order valence-corrected chi connectivity index (χ0v) is 24.2. The molecule has 0 amide bonds. The fourth-order valence-corrected chi connectivity index (χ4v) is 11.3. The van der Waals surface area contributed by atoms with Gasteiger partial charge >= 0.3 is 0 Å². The molecule has 5 fully saturated rings. The number of hydrogen-bond acceptors (Lipinski definition) is 4.